The largest absolute Gasteiger partial charge is 0.478 e. The molecule has 1 aliphatic rings. The van der Waals surface area contributed by atoms with E-state index < -0.39 is 5.97 Å². The average molecular weight is 250 g/mol. The van der Waals surface area contributed by atoms with E-state index in [9.17, 15) is 4.79 Å². The van der Waals surface area contributed by atoms with Crippen LogP contribution in [-0.2, 0) is 0 Å². The summed E-state index contributed by atoms with van der Waals surface area (Å²) >= 11 is 0. The van der Waals surface area contributed by atoms with Crippen LogP contribution in [0.15, 0.2) is 12.4 Å². The van der Waals surface area contributed by atoms with E-state index in [0.717, 1.165) is 19.6 Å². The molecule has 0 saturated carbocycles. The van der Waals surface area contributed by atoms with Crippen molar-refractivity contribution in [2.24, 2.45) is 5.92 Å². The summed E-state index contributed by atoms with van der Waals surface area (Å²) in [6.07, 6.45) is 3.89. The zero-order valence-corrected chi connectivity index (χ0v) is 10.7. The third kappa shape index (κ3) is 2.95. The number of carboxylic acid groups (broad SMARTS) is 1. The van der Waals surface area contributed by atoms with E-state index in [4.69, 9.17) is 5.11 Å². The third-order valence-electron chi connectivity index (χ3n) is 3.25. The molecule has 0 spiro atoms. The Hall–Kier alpha value is -1.69. The molecule has 1 N–H and O–H groups in total. The van der Waals surface area contributed by atoms with Crippen molar-refractivity contribution in [2.75, 3.05) is 38.6 Å². The number of rotatable bonds is 4. The summed E-state index contributed by atoms with van der Waals surface area (Å²) < 4.78 is 0. The van der Waals surface area contributed by atoms with Crippen molar-refractivity contribution in [3.8, 4) is 0 Å². The molecule has 2 heterocycles. The van der Waals surface area contributed by atoms with Gasteiger partial charge in [-0.2, -0.15) is 0 Å². The van der Waals surface area contributed by atoms with Gasteiger partial charge in [0.05, 0.1) is 5.56 Å². The first-order chi connectivity index (χ1) is 8.56. The van der Waals surface area contributed by atoms with Gasteiger partial charge in [-0.05, 0) is 25.9 Å². The van der Waals surface area contributed by atoms with E-state index in [1.54, 1.807) is 0 Å². The van der Waals surface area contributed by atoms with Crippen molar-refractivity contribution < 1.29 is 9.90 Å². The molecule has 1 aromatic rings. The molecule has 18 heavy (non-hydrogen) atoms. The Morgan fingerprint density at radius 3 is 2.72 bits per heavy atom. The fourth-order valence-corrected chi connectivity index (χ4v) is 2.27. The molecule has 1 aromatic heterocycles. The predicted molar refractivity (Wildman–Crippen MR) is 67.9 cm³/mol. The molecule has 1 unspecified atom stereocenters. The summed E-state index contributed by atoms with van der Waals surface area (Å²) in [5, 5.41) is 8.77. The molecule has 0 aromatic carbocycles. The molecule has 1 fully saturated rings. The molecular weight excluding hydrogens is 232 g/mol. The van der Waals surface area contributed by atoms with Gasteiger partial charge < -0.3 is 14.9 Å². The van der Waals surface area contributed by atoms with Crippen LogP contribution in [0.25, 0.3) is 0 Å². The lowest BCUT2D eigenvalue weighted by Crippen LogP contribution is -2.28. The van der Waals surface area contributed by atoms with Crippen LogP contribution in [0.4, 0.5) is 5.95 Å². The molecule has 1 atom stereocenters. The second kappa shape index (κ2) is 5.30. The van der Waals surface area contributed by atoms with Gasteiger partial charge in [-0.3, -0.25) is 0 Å². The van der Waals surface area contributed by atoms with Crippen LogP contribution in [0.3, 0.4) is 0 Å². The van der Waals surface area contributed by atoms with Gasteiger partial charge in [-0.15, -0.1) is 0 Å². The highest BCUT2D eigenvalue weighted by atomic mass is 16.4. The van der Waals surface area contributed by atoms with Crippen LogP contribution in [0.1, 0.15) is 16.8 Å². The van der Waals surface area contributed by atoms with Crippen LogP contribution in [0.2, 0.25) is 0 Å². The number of likely N-dealkylation sites (tertiary alicyclic amines) is 1. The lowest BCUT2D eigenvalue weighted by molar-refractivity contribution is 0.0696. The lowest BCUT2D eigenvalue weighted by Gasteiger charge is -2.20. The molecule has 6 heteroatoms. The van der Waals surface area contributed by atoms with E-state index in [1.165, 1.54) is 18.8 Å². The molecule has 0 bridgehead atoms. The minimum Gasteiger partial charge on any atom is -0.478 e. The Morgan fingerprint density at radius 2 is 2.22 bits per heavy atom. The van der Waals surface area contributed by atoms with Gasteiger partial charge in [0.1, 0.15) is 0 Å². The topological polar surface area (TPSA) is 69.6 Å². The van der Waals surface area contributed by atoms with Crippen LogP contribution in [0, 0.1) is 5.92 Å². The van der Waals surface area contributed by atoms with Gasteiger partial charge in [0, 0.05) is 32.5 Å². The number of carbonyl (C=O) groups is 1. The van der Waals surface area contributed by atoms with E-state index in [0.29, 0.717) is 11.9 Å². The number of aromatic carboxylic acids is 1. The van der Waals surface area contributed by atoms with E-state index in [-0.39, 0.29) is 5.56 Å². The normalized spacial score (nSPS) is 20.0. The highest BCUT2D eigenvalue weighted by Gasteiger charge is 2.21. The summed E-state index contributed by atoms with van der Waals surface area (Å²) in [6, 6.07) is 0. The molecule has 0 radical (unpaired) electrons. The van der Waals surface area contributed by atoms with Gasteiger partial charge in [-0.25, -0.2) is 14.8 Å². The molecule has 0 amide bonds. The summed E-state index contributed by atoms with van der Waals surface area (Å²) in [5.41, 5.74) is 0.118. The second-order valence-corrected chi connectivity index (χ2v) is 4.87. The van der Waals surface area contributed by atoms with Gasteiger partial charge in [0.25, 0.3) is 0 Å². The van der Waals surface area contributed by atoms with Crippen LogP contribution in [-0.4, -0.2) is 59.7 Å². The first-order valence-electron chi connectivity index (χ1n) is 6.01. The highest BCUT2D eigenvalue weighted by Crippen LogP contribution is 2.17. The van der Waals surface area contributed by atoms with E-state index in [1.807, 2.05) is 11.9 Å². The summed E-state index contributed by atoms with van der Waals surface area (Å²) in [7, 11) is 4.06. The highest BCUT2D eigenvalue weighted by molar-refractivity contribution is 5.86. The summed E-state index contributed by atoms with van der Waals surface area (Å²) in [4.78, 5) is 23.2. The molecule has 1 aliphatic heterocycles. The van der Waals surface area contributed by atoms with Crippen LogP contribution in [0.5, 0.6) is 0 Å². The fraction of sp³-hybridized carbons (Fsp3) is 0.583. The number of hydrogen-bond acceptors (Lipinski definition) is 5. The van der Waals surface area contributed by atoms with Crippen molar-refractivity contribution in [3.63, 3.8) is 0 Å². The minimum absolute atomic E-state index is 0.118. The Morgan fingerprint density at radius 1 is 1.56 bits per heavy atom. The zero-order chi connectivity index (χ0) is 13.1. The minimum atomic E-state index is -0.998. The molecule has 0 aliphatic carbocycles. The molecule has 6 nitrogen and oxygen atoms in total. The van der Waals surface area contributed by atoms with Gasteiger partial charge in [-0.1, -0.05) is 0 Å². The fourth-order valence-electron chi connectivity index (χ4n) is 2.27. The molecule has 98 valence electrons. The van der Waals surface area contributed by atoms with Crippen molar-refractivity contribution >= 4 is 11.9 Å². The number of nitrogens with zero attached hydrogens (tertiary/aromatic N) is 4. The quantitative estimate of drug-likeness (QED) is 0.842. The maximum atomic E-state index is 10.7. The number of carboxylic acids is 1. The molecule has 2 rings (SSSR count). The van der Waals surface area contributed by atoms with Crippen LogP contribution < -0.4 is 4.90 Å². The van der Waals surface area contributed by atoms with E-state index in [2.05, 4.69) is 21.9 Å². The first kappa shape index (κ1) is 12.8. The van der Waals surface area contributed by atoms with Crippen molar-refractivity contribution in [1.82, 2.24) is 14.9 Å². The molecule has 1 saturated heterocycles. The molecular formula is C12H18N4O2. The Bertz CT molecular complexity index is 421. The Kier molecular flexibility index (Phi) is 3.76. The Labute approximate surface area is 106 Å². The number of aromatic nitrogens is 2. The standard InChI is InChI=1S/C12H18N4O2/c1-15-4-3-9(7-15)8-16(2)12-13-5-10(6-14-12)11(17)18/h5-6,9H,3-4,7-8H2,1-2H3,(H,17,18). The monoisotopic (exact) mass is 250 g/mol. The maximum absolute atomic E-state index is 10.7. The maximum Gasteiger partial charge on any atom is 0.338 e. The van der Waals surface area contributed by atoms with Crippen molar-refractivity contribution in [1.29, 1.82) is 0 Å². The lowest BCUT2D eigenvalue weighted by atomic mass is 10.1. The van der Waals surface area contributed by atoms with Gasteiger partial charge in [0.2, 0.25) is 5.95 Å². The van der Waals surface area contributed by atoms with Gasteiger partial charge in [0.15, 0.2) is 0 Å². The van der Waals surface area contributed by atoms with E-state index >= 15 is 0 Å². The number of anilines is 1. The first-order valence-corrected chi connectivity index (χ1v) is 6.01. The Balaban J connectivity index is 1.96. The summed E-state index contributed by atoms with van der Waals surface area (Å²) in [5.74, 6) is 0.207. The second-order valence-electron chi connectivity index (χ2n) is 4.87. The SMILES string of the molecule is CN1CCC(CN(C)c2ncc(C(=O)O)cn2)C1. The zero-order valence-electron chi connectivity index (χ0n) is 10.7. The smallest absolute Gasteiger partial charge is 0.338 e. The van der Waals surface area contributed by atoms with Crippen molar-refractivity contribution in [3.05, 3.63) is 18.0 Å². The van der Waals surface area contributed by atoms with Crippen LogP contribution >= 0.6 is 0 Å². The van der Waals surface area contributed by atoms with Crippen molar-refractivity contribution in [2.45, 2.75) is 6.42 Å². The number of hydrogen-bond donors (Lipinski definition) is 1. The average Bonchev–Trinajstić information content (AvgIpc) is 2.75. The predicted octanol–water partition coefficient (Wildman–Crippen LogP) is 0.563. The summed E-state index contributed by atoms with van der Waals surface area (Å²) in [6.45, 7) is 3.13. The third-order valence-corrected chi connectivity index (χ3v) is 3.25. The van der Waals surface area contributed by atoms with Gasteiger partial charge >= 0.3 is 5.97 Å².